The maximum absolute atomic E-state index is 6.23. The van der Waals surface area contributed by atoms with Crippen LogP contribution >= 0.6 is 0 Å². The maximum Gasteiger partial charge on any atom is 0.179 e. The van der Waals surface area contributed by atoms with Crippen molar-refractivity contribution in [3.63, 3.8) is 0 Å². The summed E-state index contributed by atoms with van der Waals surface area (Å²) < 4.78 is 6.23. The monoisotopic (exact) mass is 1340 g/mol. The van der Waals surface area contributed by atoms with Crippen LogP contribution < -0.4 is 30.5 Å². The van der Waals surface area contributed by atoms with Gasteiger partial charge in [-0.05, 0) is 213 Å². The number of furan rings is 1. The van der Waals surface area contributed by atoms with Crippen molar-refractivity contribution in [1.82, 2.24) is 0 Å². The zero-order chi connectivity index (χ0) is 69.4. The molecule has 1 heterocycles. The van der Waals surface area contributed by atoms with Gasteiger partial charge in [0.1, 0.15) is 11.2 Å². The molecule has 3 nitrogen and oxygen atoms in total. The van der Waals surface area contributed by atoms with Gasteiger partial charge in [0.2, 0.25) is 0 Å². The number of para-hydroxylation sites is 3. The van der Waals surface area contributed by atoms with Gasteiger partial charge < -0.3 is 14.2 Å². The van der Waals surface area contributed by atoms with Gasteiger partial charge >= 0.3 is 0 Å². The summed E-state index contributed by atoms with van der Waals surface area (Å²) in [5.74, 6) is 0. The molecule has 4 heteroatoms. The molecule has 0 fully saturated rings. The van der Waals surface area contributed by atoms with Crippen LogP contribution in [0.3, 0.4) is 0 Å². The minimum atomic E-state index is -3.01. The van der Waals surface area contributed by atoms with Crippen molar-refractivity contribution in [3.8, 4) is 55.6 Å². The lowest BCUT2D eigenvalue weighted by molar-refractivity contribution is 0.660. The first-order chi connectivity index (χ1) is 51.3. The topological polar surface area (TPSA) is 19.6 Å². The number of fused-ring (bicyclic) bond motifs is 9. The number of hydrogen-bond acceptors (Lipinski definition) is 3. The summed E-state index contributed by atoms with van der Waals surface area (Å²) >= 11 is 0. The molecule has 16 aromatic carbocycles. The lowest BCUT2D eigenvalue weighted by Crippen LogP contribution is -2.74. The molecule has 19 rings (SSSR count). The number of nitrogens with zero attached hydrogens (tertiary/aromatic N) is 2. The van der Waals surface area contributed by atoms with E-state index in [9.17, 15) is 0 Å². The van der Waals surface area contributed by atoms with Gasteiger partial charge in [-0.2, -0.15) is 0 Å². The predicted octanol–water partition coefficient (Wildman–Crippen LogP) is 23.6. The van der Waals surface area contributed by atoms with Crippen LogP contribution in [-0.2, 0) is 10.8 Å². The molecule has 0 N–H and O–H groups in total. The van der Waals surface area contributed by atoms with Crippen molar-refractivity contribution in [2.45, 2.75) is 24.7 Å². The summed E-state index contributed by atoms with van der Waals surface area (Å²) in [6, 6.07) is 149. The molecule has 0 spiro atoms. The zero-order valence-corrected chi connectivity index (χ0v) is 58.9. The van der Waals surface area contributed by atoms with E-state index in [0.29, 0.717) is 0 Å². The van der Waals surface area contributed by atoms with Crippen LogP contribution in [0.4, 0.5) is 34.1 Å². The molecule has 1 aromatic heterocycles. The molecule has 492 valence electrons. The molecule has 0 amide bonds. The van der Waals surface area contributed by atoms with E-state index in [2.05, 4.69) is 412 Å². The highest BCUT2D eigenvalue weighted by atomic mass is 28.3. The van der Waals surface area contributed by atoms with E-state index in [-0.39, 0.29) is 5.41 Å². The summed E-state index contributed by atoms with van der Waals surface area (Å²) in [5.41, 5.74) is 27.4. The molecule has 104 heavy (non-hydrogen) atoms. The Morgan fingerprint density at radius 3 is 1.23 bits per heavy atom. The third kappa shape index (κ3) is 10.2. The van der Waals surface area contributed by atoms with Crippen LogP contribution in [0, 0.1) is 0 Å². The average Bonchev–Trinajstić information content (AvgIpc) is 1.57. The molecular formula is C100H72N2OSi. The van der Waals surface area contributed by atoms with Gasteiger partial charge in [0.25, 0.3) is 0 Å². The van der Waals surface area contributed by atoms with E-state index < -0.39 is 13.5 Å². The molecule has 2 aliphatic carbocycles. The highest BCUT2D eigenvalue weighted by Gasteiger charge is 2.47. The smallest absolute Gasteiger partial charge is 0.179 e. The van der Waals surface area contributed by atoms with Crippen LogP contribution in [0.15, 0.2) is 405 Å². The second-order valence-electron chi connectivity index (χ2n) is 28.3. The fourth-order valence-corrected chi connectivity index (χ4v) is 22.1. The minimum Gasteiger partial charge on any atom is -0.456 e. The second-order valence-corrected chi connectivity index (χ2v) is 32.1. The Bertz CT molecular complexity index is 5970. The van der Waals surface area contributed by atoms with Crippen molar-refractivity contribution in [2.75, 3.05) is 9.80 Å². The molecule has 2 aliphatic rings. The Balaban J connectivity index is 0.662. The van der Waals surface area contributed by atoms with Crippen molar-refractivity contribution >= 4 is 84.9 Å². The molecule has 0 saturated carbocycles. The molecule has 0 unspecified atom stereocenters. The first kappa shape index (κ1) is 62.2. The fourth-order valence-electron chi connectivity index (χ4n) is 17.4. The summed E-state index contributed by atoms with van der Waals surface area (Å²) in [6.45, 7) is 4.76. The Morgan fingerprint density at radius 2 is 0.606 bits per heavy atom. The van der Waals surface area contributed by atoms with E-state index in [1.54, 1.807) is 0 Å². The minimum absolute atomic E-state index is 0.253. The number of hydrogen-bond donors (Lipinski definition) is 0. The Hall–Kier alpha value is -12.9. The number of rotatable bonds is 15. The average molecular weight is 1350 g/mol. The molecule has 0 saturated heterocycles. The molecule has 0 bridgehead atoms. The number of anilines is 6. The Morgan fingerprint density at radius 1 is 0.231 bits per heavy atom. The lowest BCUT2D eigenvalue weighted by atomic mass is 9.67. The molecule has 0 aliphatic heterocycles. The van der Waals surface area contributed by atoms with Crippen LogP contribution in [0.25, 0.3) is 77.6 Å². The Labute approximate surface area is 609 Å². The predicted molar refractivity (Wildman–Crippen MR) is 438 cm³/mol. The van der Waals surface area contributed by atoms with Crippen LogP contribution in [0.5, 0.6) is 0 Å². The van der Waals surface area contributed by atoms with Gasteiger partial charge in [-0.25, -0.2) is 0 Å². The van der Waals surface area contributed by atoms with Crippen LogP contribution in [0.1, 0.15) is 47.2 Å². The second kappa shape index (κ2) is 25.3. The van der Waals surface area contributed by atoms with E-state index in [1.807, 2.05) is 12.1 Å². The SMILES string of the molecule is CC1(C)c2cc(-c3ccc4oc5ccccc5c4c3)ccc2-c2ccc(N(c3ccccc3)c3cccc(-c4cccc(-c5ccc([Si](c6ccccc6)(c6ccccc6)c6ccc(N(c7ccccc7)c7ccc8c(c7)C(c7ccccc7)(c7ccccc7)c7ccccc7-8)cc6)cc5)c4)c3)cc21. The van der Waals surface area contributed by atoms with Gasteiger partial charge in [0, 0.05) is 50.3 Å². The van der Waals surface area contributed by atoms with E-state index in [4.69, 9.17) is 4.42 Å². The third-order valence-electron chi connectivity index (χ3n) is 22.3. The fraction of sp³-hybridized carbons (Fsp3) is 0.0400. The van der Waals surface area contributed by atoms with Crippen LogP contribution in [0.2, 0.25) is 0 Å². The molecule has 0 radical (unpaired) electrons. The van der Waals surface area contributed by atoms with E-state index in [0.717, 1.165) is 78.3 Å². The highest BCUT2D eigenvalue weighted by molar-refractivity contribution is 7.19. The highest BCUT2D eigenvalue weighted by Crippen LogP contribution is 2.58. The van der Waals surface area contributed by atoms with Gasteiger partial charge in [0.15, 0.2) is 8.07 Å². The van der Waals surface area contributed by atoms with Gasteiger partial charge in [-0.1, -0.05) is 311 Å². The van der Waals surface area contributed by atoms with Crippen molar-refractivity contribution in [2.24, 2.45) is 0 Å². The zero-order valence-electron chi connectivity index (χ0n) is 57.9. The summed E-state index contributed by atoms with van der Waals surface area (Å²) in [7, 11) is -3.01. The van der Waals surface area contributed by atoms with Crippen molar-refractivity contribution in [1.29, 1.82) is 0 Å². The first-order valence-corrected chi connectivity index (χ1v) is 38.1. The summed E-state index contributed by atoms with van der Waals surface area (Å²) in [4.78, 5) is 4.86. The van der Waals surface area contributed by atoms with Crippen molar-refractivity contribution in [3.05, 3.63) is 434 Å². The van der Waals surface area contributed by atoms with Crippen LogP contribution in [-0.4, -0.2) is 8.07 Å². The van der Waals surface area contributed by atoms with Crippen molar-refractivity contribution < 1.29 is 4.42 Å². The van der Waals surface area contributed by atoms with Gasteiger partial charge in [-0.15, -0.1) is 0 Å². The Kier molecular flexibility index (Phi) is 15.1. The normalized spacial score (nSPS) is 13.1. The maximum atomic E-state index is 6.23. The standard InChI is InChI=1S/C100H72N2OSi/c1-99(2)94-66-74(73-50-62-98-92(65-73)91-44-22-24-46-97(91)103-98)49-59-88(94)89-60-53-81(67-95(89)99)102(78-36-15-6-16-37-78)80-38-26-29-72(64-80)71-28-25-27-70(63-71)69-47-55-85(56-48-69)104(83-39-17-7-18-40-83,84-41-19-8-20-42-84)86-57-51-79(52-58-86)101(77-34-13-5-14-35-77)82-54-61-90-87-43-21-23-45-93(87)100(96(90)68-82,75-30-9-3-10-31-75)76-32-11-4-12-33-76/h3-68H,1-2H3. The lowest BCUT2D eigenvalue weighted by Gasteiger charge is -2.35. The molecule has 17 aromatic rings. The summed E-state index contributed by atoms with van der Waals surface area (Å²) in [6.07, 6.45) is 0. The van der Waals surface area contributed by atoms with E-state index in [1.165, 1.54) is 87.5 Å². The molecule has 0 atom stereocenters. The van der Waals surface area contributed by atoms with Gasteiger partial charge in [-0.3, -0.25) is 0 Å². The molecular weight excluding hydrogens is 1270 g/mol. The van der Waals surface area contributed by atoms with Gasteiger partial charge in [0.05, 0.1) is 5.41 Å². The first-order valence-electron chi connectivity index (χ1n) is 36.1. The number of benzene rings is 16. The van der Waals surface area contributed by atoms with E-state index >= 15 is 0 Å². The third-order valence-corrected chi connectivity index (χ3v) is 27.1. The summed E-state index contributed by atoms with van der Waals surface area (Å²) in [5, 5.41) is 7.55. The largest absolute Gasteiger partial charge is 0.456 e. The quantitative estimate of drug-likeness (QED) is 0.0753.